The molecule has 0 saturated heterocycles. The zero-order chi connectivity index (χ0) is 70.4. The van der Waals surface area contributed by atoms with Crippen molar-refractivity contribution in [3.63, 3.8) is 0 Å². The number of ether oxygens (including phenoxy) is 6. The first-order valence-electron chi connectivity index (χ1n) is 31.8. The fourth-order valence-electron chi connectivity index (χ4n) is 11.0. The molecule has 0 saturated carbocycles. The number of imide groups is 1. The van der Waals surface area contributed by atoms with E-state index in [0.29, 0.717) is 38.8 Å². The maximum absolute atomic E-state index is 14.7. The second kappa shape index (κ2) is 35.7. The number of amides is 10. The van der Waals surface area contributed by atoms with Gasteiger partial charge < -0.3 is 85.3 Å². The Bertz CT molecular complexity index is 3870. The average molecular weight is 1370 g/mol. The first-order valence-corrected chi connectivity index (χ1v) is 32.3. The predicted octanol–water partition coefficient (Wildman–Crippen LogP) is 6.71. The highest BCUT2D eigenvalue weighted by Crippen LogP contribution is 2.47. The zero-order valence-electron chi connectivity index (χ0n) is 54.7. The molecule has 522 valence electrons. The van der Waals surface area contributed by atoms with Gasteiger partial charge in [0.15, 0.2) is 5.78 Å². The van der Waals surface area contributed by atoms with Crippen LogP contribution in [0, 0.1) is 18.8 Å². The van der Waals surface area contributed by atoms with E-state index in [-0.39, 0.29) is 153 Å². The van der Waals surface area contributed by atoms with Crippen molar-refractivity contribution in [2.75, 3.05) is 121 Å². The van der Waals surface area contributed by atoms with Crippen LogP contribution in [0.4, 0.5) is 36.4 Å². The number of carbonyl (C=O) groups is 10. The van der Waals surface area contributed by atoms with Crippen LogP contribution in [0.3, 0.4) is 0 Å². The number of aliphatic hydroxyl groups is 1. The Morgan fingerprint density at radius 2 is 1.54 bits per heavy atom. The molecule has 2 aromatic heterocycles. The third kappa shape index (κ3) is 20.2. The zero-order valence-corrected chi connectivity index (χ0v) is 55.4. The number of aromatic amines is 1. The molecule has 0 bridgehead atoms. The number of fused-ring (bicyclic) bond motifs is 4. The van der Waals surface area contributed by atoms with Gasteiger partial charge in [-0.2, -0.15) is 0 Å². The van der Waals surface area contributed by atoms with Gasteiger partial charge in [-0.3, -0.25) is 33.7 Å². The average Bonchev–Trinajstić information content (AvgIpc) is 1.54. The minimum absolute atomic E-state index is 0.00749. The number of halogens is 1. The predicted molar refractivity (Wildman–Crippen MR) is 360 cm³/mol. The summed E-state index contributed by atoms with van der Waals surface area (Å²) < 4.78 is 33.6. The molecule has 30 heteroatoms. The van der Waals surface area contributed by atoms with Crippen molar-refractivity contribution in [2.24, 2.45) is 17.6 Å². The lowest BCUT2D eigenvalue weighted by Gasteiger charge is -2.26. The van der Waals surface area contributed by atoms with Gasteiger partial charge in [0.05, 0.1) is 76.2 Å². The fraction of sp³-hybridized carbons (Fsp3) is 0.397. The summed E-state index contributed by atoms with van der Waals surface area (Å²) in [5.41, 5.74) is 9.31. The molecule has 0 fully saturated rings. The van der Waals surface area contributed by atoms with E-state index < -0.39 is 77.5 Å². The van der Waals surface area contributed by atoms with Crippen LogP contribution in [0.2, 0.25) is 0 Å². The number of benzene rings is 4. The normalized spacial score (nSPS) is 13.9. The van der Waals surface area contributed by atoms with E-state index in [2.05, 4.69) is 31.2 Å². The molecule has 4 heterocycles. The molecule has 0 radical (unpaired) electrons. The number of primary amides is 1. The van der Waals surface area contributed by atoms with Crippen molar-refractivity contribution in [1.82, 2.24) is 35.3 Å². The second-order valence-corrected chi connectivity index (χ2v) is 23.8. The number of nitrogens with two attached hydrogens (primary N) is 1. The summed E-state index contributed by atoms with van der Waals surface area (Å²) in [7, 11) is 1.50. The number of Topliss-reactive ketones (excluding diaryl/α,β-unsaturated/α-hetero) is 1. The quantitative estimate of drug-likeness (QED) is 0.0116. The number of likely N-dealkylation sites (N-methyl/N-ethyl adjacent to an activating group) is 1. The van der Waals surface area contributed by atoms with E-state index >= 15 is 0 Å². The largest absolute Gasteiger partial charge is 0.508 e. The number of hydrogen-bond acceptors (Lipinski definition) is 19. The van der Waals surface area contributed by atoms with Crippen LogP contribution in [0.5, 0.6) is 11.5 Å². The van der Waals surface area contributed by atoms with E-state index in [1.54, 1.807) is 61.2 Å². The lowest BCUT2D eigenvalue weighted by molar-refractivity contribution is -0.137. The van der Waals surface area contributed by atoms with Gasteiger partial charge in [0, 0.05) is 104 Å². The summed E-state index contributed by atoms with van der Waals surface area (Å²) in [6.07, 6.45) is 1.54. The number of aromatic hydroxyl groups is 1. The Labute approximate surface area is 569 Å². The van der Waals surface area contributed by atoms with Gasteiger partial charge in [0.2, 0.25) is 5.91 Å². The minimum Gasteiger partial charge on any atom is -0.508 e. The van der Waals surface area contributed by atoms with E-state index in [4.69, 9.17) is 50.9 Å². The maximum Gasteiger partial charge on any atom is 0.415 e. The number of aromatic nitrogens is 2. The van der Waals surface area contributed by atoms with E-state index in [0.717, 1.165) is 33.6 Å². The molecule has 8 rings (SSSR count). The number of anilines is 3. The molecule has 9 N–H and O–H groups in total. The molecule has 3 atom stereocenters. The number of nitrogens with one attached hydrogen (secondary N) is 5. The number of aryl methyl sites for hydroxylation is 1. The lowest BCUT2D eigenvalue weighted by atomic mass is 9.89. The van der Waals surface area contributed by atoms with Crippen LogP contribution in [-0.4, -0.2) is 206 Å². The first kappa shape index (κ1) is 73.6. The molecule has 4 aromatic carbocycles. The fourth-order valence-corrected chi connectivity index (χ4v) is 11.2. The van der Waals surface area contributed by atoms with Crippen LogP contribution in [0.1, 0.15) is 76.6 Å². The number of carbonyl (C=O) groups excluding carboxylic acids is 10. The minimum atomic E-state index is -1.04. The number of alkyl halides is 1. The standard InChI is InChI=1S/C68H80ClN11O18/c1-41(2)61(76-66(90)96-32-31-94-27-24-79-57(84)18-19-58(79)85)54(83)34-45(8-6-20-71-65(70)89)63(87)73-48-14-10-43(11-15-48)40-97-67(91)77(4)21-22-78(23-26-93-29-30-95-28-25-81)68(92)98-55-36-53-60(59-42(3)7-5-9-50(55)59)47(37-69)39-80(53)64(88)51-33-46-35-56(72-38-52(46)74-51)75-62(86)44-12-16-49(82)17-13-44/h5,7,9-19,33,35-36,38,41,45,47,61,74,81-82H,6,8,20-32,34,37,39-40H2,1-4H3,(H,73,87)(H,76,90)(H3,70,71,89)(H,72,75,86)/t45-,47-,61+/m1/s1. The van der Waals surface area contributed by atoms with Crippen LogP contribution in [0.25, 0.3) is 21.7 Å². The van der Waals surface area contributed by atoms with Crippen LogP contribution >= 0.6 is 11.6 Å². The molecule has 6 aromatic rings. The lowest BCUT2D eigenvalue weighted by Crippen LogP contribution is -2.46. The number of pyridine rings is 1. The first-order chi connectivity index (χ1) is 47.1. The third-order valence-electron chi connectivity index (χ3n) is 16.1. The van der Waals surface area contributed by atoms with Crippen molar-refractivity contribution >= 4 is 110 Å². The van der Waals surface area contributed by atoms with Gasteiger partial charge in [-0.25, -0.2) is 24.2 Å². The third-order valence-corrected chi connectivity index (χ3v) is 16.5. The maximum atomic E-state index is 14.7. The number of aliphatic hydroxyl groups excluding tert-OH is 1. The molecular formula is C68H80ClN11O18. The van der Waals surface area contributed by atoms with Gasteiger partial charge >= 0.3 is 24.3 Å². The summed E-state index contributed by atoms with van der Waals surface area (Å²) in [4.78, 5) is 144. The summed E-state index contributed by atoms with van der Waals surface area (Å²) in [6, 6.07) is 20.9. The van der Waals surface area contributed by atoms with Gasteiger partial charge in [0.1, 0.15) is 36.2 Å². The van der Waals surface area contributed by atoms with Crippen molar-refractivity contribution in [1.29, 1.82) is 0 Å². The Morgan fingerprint density at radius 3 is 2.24 bits per heavy atom. The molecule has 10 amide bonds. The summed E-state index contributed by atoms with van der Waals surface area (Å²) in [6.45, 7) is 5.54. The molecule has 2 aliphatic rings. The van der Waals surface area contributed by atoms with Crippen molar-refractivity contribution in [3.05, 3.63) is 131 Å². The van der Waals surface area contributed by atoms with Gasteiger partial charge in [-0.05, 0) is 96.3 Å². The smallest absolute Gasteiger partial charge is 0.415 e. The molecule has 98 heavy (non-hydrogen) atoms. The highest BCUT2D eigenvalue weighted by Gasteiger charge is 2.37. The summed E-state index contributed by atoms with van der Waals surface area (Å²) >= 11 is 6.67. The van der Waals surface area contributed by atoms with Gasteiger partial charge in [0.25, 0.3) is 23.6 Å². The number of urea groups is 1. The summed E-state index contributed by atoms with van der Waals surface area (Å²) in [5.74, 6) is -3.81. The Kier molecular flexibility index (Phi) is 26.8. The van der Waals surface area contributed by atoms with Crippen molar-refractivity contribution < 1.29 is 86.6 Å². The number of phenolic OH excluding ortho intramolecular Hbond substituents is 1. The number of alkyl carbamates (subject to hydrolysis) is 1. The molecule has 0 unspecified atom stereocenters. The van der Waals surface area contributed by atoms with Gasteiger partial charge in [-0.1, -0.05) is 44.2 Å². The molecule has 0 spiro atoms. The number of phenols is 1. The Hall–Kier alpha value is -10.2. The van der Waals surface area contributed by atoms with Crippen LogP contribution in [0.15, 0.2) is 103 Å². The molecule has 2 aliphatic heterocycles. The number of hydrogen-bond donors (Lipinski definition) is 8. The molecule has 29 nitrogen and oxygen atoms in total. The number of ketones is 1. The number of rotatable bonds is 35. The number of nitrogens with zero attached hydrogens (tertiary/aromatic N) is 5. The Morgan fingerprint density at radius 1 is 0.827 bits per heavy atom. The monoisotopic (exact) mass is 1370 g/mol. The van der Waals surface area contributed by atoms with E-state index in [1.165, 1.54) is 47.3 Å². The van der Waals surface area contributed by atoms with Crippen molar-refractivity contribution in [3.8, 4) is 11.5 Å². The summed E-state index contributed by atoms with van der Waals surface area (Å²) in [5, 5.41) is 31.3. The second-order valence-electron chi connectivity index (χ2n) is 23.5. The molecular weight excluding hydrogens is 1290 g/mol. The van der Waals surface area contributed by atoms with Crippen LogP contribution in [-0.2, 0) is 49.5 Å². The van der Waals surface area contributed by atoms with Gasteiger partial charge in [-0.15, -0.1) is 11.6 Å². The van der Waals surface area contributed by atoms with Crippen LogP contribution < -0.4 is 36.6 Å². The van der Waals surface area contributed by atoms with E-state index in [1.807, 2.05) is 25.1 Å². The highest BCUT2D eigenvalue weighted by molar-refractivity contribution is 6.20. The Balaban J connectivity index is 0.882. The van der Waals surface area contributed by atoms with E-state index in [9.17, 15) is 53.1 Å². The SMILES string of the molecule is Cc1cccc2c(OC(=O)N(CCOCCOCCO)CCN(C)C(=O)OCc3ccc(NC(=O)[C@H](CCCNC(N)=O)CC(=O)[C@@H](NC(=O)OCCOCCN4C(=O)C=CC4=O)C(C)C)cc3)cc3c(c12)[C@H](CCl)CN3C(=O)c1cc2cc(NC(=O)c3ccc(O)cc3)ncc2[nH]1. The topological polar surface area (TPSA) is 382 Å². The highest BCUT2D eigenvalue weighted by atomic mass is 35.5. The number of H-pyrrole nitrogens is 1. The van der Waals surface area contributed by atoms with Crippen molar-refractivity contribution in [2.45, 2.75) is 58.6 Å². The molecule has 0 aliphatic carbocycles.